The summed E-state index contributed by atoms with van der Waals surface area (Å²) >= 11 is 1.82. The molecule has 0 spiro atoms. The van der Waals surface area contributed by atoms with Gasteiger partial charge in [-0.1, -0.05) is 18.2 Å². The minimum Gasteiger partial charge on any atom is -0.363 e. The van der Waals surface area contributed by atoms with E-state index in [9.17, 15) is 0 Å². The number of aromatic nitrogens is 2. The van der Waals surface area contributed by atoms with E-state index in [2.05, 4.69) is 80.4 Å². The highest BCUT2D eigenvalue weighted by Gasteiger charge is 2.20. The van der Waals surface area contributed by atoms with Gasteiger partial charge in [-0.25, -0.2) is 4.68 Å². The van der Waals surface area contributed by atoms with Gasteiger partial charge in [0.2, 0.25) is 0 Å². The number of hydrogen-bond donors (Lipinski definition) is 2. The molecule has 0 bridgehead atoms. The zero-order valence-corrected chi connectivity index (χ0v) is 21.5. The standard InChI is InChI=1S/C23H30N6S.HI/c1-17-15-18(2)29(27-17)21-8-5-4-7-19(21)16-25-23(24-3)26-20-10-12-28(13-11-20)22-9-6-14-30-22;/h4-9,14-15,20H,10-13,16H2,1-3H3,(H2,24,25,26);1H. The number of thiophene rings is 1. The van der Waals surface area contributed by atoms with E-state index in [1.165, 1.54) is 10.6 Å². The average molecular weight is 551 g/mol. The monoisotopic (exact) mass is 550 g/mol. The molecule has 0 atom stereocenters. The van der Waals surface area contributed by atoms with Gasteiger partial charge in [-0.3, -0.25) is 4.99 Å². The van der Waals surface area contributed by atoms with Crippen LogP contribution in [-0.2, 0) is 6.54 Å². The second-order valence-electron chi connectivity index (χ2n) is 7.75. The SMILES string of the molecule is CN=C(NCc1ccccc1-n1nc(C)cc1C)NC1CCN(c2cccs2)CC1.I. The number of halogens is 1. The molecule has 166 valence electrons. The van der Waals surface area contributed by atoms with Crippen LogP contribution in [-0.4, -0.2) is 41.9 Å². The molecule has 0 radical (unpaired) electrons. The Morgan fingerprint density at radius 3 is 2.58 bits per heavy atom. The van der Waals surface area contributed by atoms with Crippen LogP contribution < -0.4 is 15.5 Å². The van der Waals surface area contributed by atoms with Crippen LogP contribution in [0.5, 0.6) is 0 Å². The number of anilines is 1. The lowest BCUT2D eigenvalue weighted by Gasteiger charge is -2.33. The average Bonchev–Trinajstić information content (AvgIpc) is 3.41. The Kier molecular flexibility index (Phi) is 8.36. The predicted molar refractivity (Wildman–Crippen MR) is 141 cm³/mol. The third-order valence-electron chi connectivity index (χ3n) is 5.55. The predicted octanol–water partition coefficient (Wildman–Crippen LogP) is 4.50. The number of nitrogens with zero attached hydrogens (tertiary/aromatic N) is 4. The van der Waals surface area contributed by atoms with Crippen molar-refractivity contribution in [1.29, 1.82) is 0 Å². The molecule has 31 heavy (non-hydrogen) atoms. The largest absolute Gasteiger partial charge is 0.363 e. The smallest absolute Gasteiger partial charge is 0.191 e. The molecule has 2 N–H and O–H groups in total. The summed E-state index contributed by atoms with van der Waals surface area (Å²) in [5.41, 5.74) is 4.47. The van der Waals surface area contributed by atoms with Gasteiger partial charge in [0.05, 0.1) is 16.4 Å². The molecule has 0 aliphatic carbocycles. The maximum Gasteiger partial charge on any atom is 0.191 e. The highest BCUT2D eigenvalue weighted by Crippen LogP contribution is 2.24. The Balaban J connectivity index is 0.00000272. The lowest BCUT2D eigenvalue weighted by molar-refractivity contribution is 0.462. The van der Waals surface area contributed by atoms with Crippen LogP contribution in [0.25, 0.3) is 5.69 Å². The zero-order chi connectivity index (χ0) is 20.9. The van der Waals surface area contributed by atoms with Crippen LogP contribution in [0.1, 0.15) is 29.8 Å². The number of guanidine groups is 1. The first kappa shape index (κ1) is 23.6. The van der Waals surface area contributed by atoms with Gasteiger partial charge in [0, 0.05) is 38.4 Å². The Bertz CT molecular complexity index is 989. The molecule has 3 aromatic rings. The van der Waals surface area contributed by atoms with Crippen molar-refractivity contribution in [2.45, 2.75) is 39.3 Å². The van der Waals surface area contributed by atoms with E-state index in [0.29, 0.717) is 12.6 Å². The first-order valence-electron chi connectivity index (χ1n) is 10.5. The summed E-state index contributed by atoms with van der Waals surface area (Å²) < 4.78 is 2.02. The first-order chi connectivity index (χ1) is 14.6. The van der Waals surface area contributed by atoms with Gasteiger partial charge in [0.1, 0.15) is 0 Å². The summed E-state index contributed by atoms with van der Waals surface area (Å²) in [7, 11) is 1.84. The molecule has 0 amide bonds. The summed E-state index contributed by atoms with van der Waals surface area (Å²) in [5, 5.41) is 15.3. The number of rotatable bonds is 5. The molecule has 1 aromatic carbocycles. The fourth-order valence-corrected chi connectivity index (χ4v) is 4.79. The molecular formula is C23H31IN6S. The van der Waals surface area contributed by atoms with Crippen LogP contribution in [0, 0.1) is 13.8 Å². The van der Waals surface area contributed by atoms with Gasteiger partial charge in [-0.2, -0.15) is 5.10 Å². The van der Waals surface area contributed by atoms with E-state index in [4.69, 9.17) is 0 Å². The fourth-order valence-electron chi connectivity index (χ4n) is 4.00. The normalized spacial score (nSPS) is 14.9. The number of benzene rings is 1. The van der Waals surface area contributed by atoms with Crippen LogP contribution in [0.4, 0.5) is 5.00 Å². The van der Waals surface area contributed by atoms with Gasteiger partial charge < -0.3 is 15.5 Å². The third kappa shape index (κ3) is 5.79. The first-order valence-corrected chi connectivity index (χ1v) is 11.4. The molecule has 4 rings (SSSR count). The lowest BCUT2D eigenvalue weighted by Crippen LogP contribution is -2.48. The summed E-state index contributed by atoms with van der Waals surface area (Å²) in [6.45, 7) is 6.97. The van der Waals surface area contributed by atoms with E-state index in [1.54, 1.807) is 0 Å². The zero-order valence-electron chi connectivity index (χ0n) is 18.3. The van der Waals surface area contributed by atoms with E-state index in [-0.39, 0.29) is 24.0 Å². The number of nitrogens with one attached hydrogen (secondary N) is 2. The van der Waals surface area contributed by atoms with E-state index >= 15 is 0 Å². The number of para-hydroxylation sites is 1. The Labute approximate surface area is 205 Å². The lowest BCUT2D eigenvalue weighted by atomic mass is 10.1. The molecule has 1 saturated heterocycles. The number of aliphatic imine (C=N–C) groups is 1. The highest BCUT2D eigenvalue weighted by molar-refractivity contribution is 14.0. The summed E-state index contributed by atoms with van der Waals surface area (Å²) in [6.07, 6.45) is 2.22. The highest BCUT2D eigenvalue weighted by atomic mass is 127. The second kappa shape index (κ2) is 11.0. The molecule has 0 unspecified atom stereocenters. The van der Waals surface area contributed by atoms with Crippen LogP contribution in [0.3, 0.4) is 0 Å². The van der Waals surface area contributed by atoms with Crippen molar-refractivity contribution in [2.75, 3.05) is 25.0 Å². The van der Waals surface area contributed by atoms with Crippen molar-refractivity contribution in [1.82, 2.24) is 20.4 Å². The maximum absolute atomic E-state index is 4.65. The quantitative estimate of drug-likeness (QED) is 0.279. The molecule has 1 fully saturated rings. The van der Waals surface area contributed by atoms with E-state index in [1.807, 2.05) is 30.0 Å². The van der Waals surface area contributed by atoms with Gasteiger partial charge in [-0.15, -0.1) is 35.3 Å². The minimum atomic E-state index is 0. The van der Waals surface area contributed by atoms with Crippen molar-refractivity contribution < 1.29 is 0 Å². The molecule has 1 aliphatic heterocycles. The number of aryl methyl sites for hydroxylation is 2. The van der Waals surface area contributed by atoms with E-state index in [0.717, 1.165) is 49.0 Å². The van der Waals surface area contributed by atoms with Crippen molar-refractivity contribution in [3.8, 4) is 5.69 Å². The van der Waals surface area contributed by atoms with E-state index < -0.39 is 0 Å². The summed E-state index contributed by atoms with van der Waals surface area (Å²) in [4.78, 5) is 6.93. The van der Waals surface area contributed by atoms with Crippen molar-refractivity contribution in [3.63, 3.8) is 0 Å². The van der Waals surface area contributed by atoms with Crippen molar-refractivity contribution >= 4 is 46.3 Å². The summed E-state index contributed by atoms with van der Waals surface area (Å²) in [6, 6.07) is 15.3. The molecule has 3 heterocycles. The molecule has 0 saturated carbocycles. The molecular weight excluding hydrogens is 519 g/mol. The fraction of sp³-hybridized carbons (Fsp3) is 0.391. The molecule has 2 aromatic heterocycles. The molecule has 1 aliphatic rings. The van der Waals surface area contributed by atoms with Gasteiger partial charge in [0.15, 0.2) is 5.96 Å². The topological polar surface area (TPSA) is 57.5 Å². The molecule has 8 heteroatoms. The minimum absolute atomic E-state index is 0. The van der Waals surface area contributed by atoms with Crippen molar-refractivity contribution in [3.05, 3.63) is 64.8 Å². The van der Waals surface area contributed by atoms with Gasteiger partial charge in [-0.05, 0) is 61.9 Å². The second-order valence-corrected chi connectivity index (χ2v) is 8.68. The van der Waals surface area contributed by atoms with Crippen LogP contribution in [0.2, 0.25) is 0 Å². The van der Waals surface area contributed by atoms with Crippen molar-refractivity contribution in [2.24, 2.45) is 4.99 Å². The van der Waals surface area contributed by atoms with Gasteiger partial charge >= 0.3 is 0 Å². The molecule has 6 nitrogen and oxygen atoms in total. The number of hydrogen-bond acceptors (Lipinski definition) is 4. The number of piperidine rings is 1. The van der Waals surface area contributed by atoms with Crippen LogP contribution >= 0.6 is 35.3 Å². The van der Waals surface area contributed by atoms with Gasteiger partial charge in [0.25, 0.3) is 0 Å². The Morgan fingerprint density at radius 2 is 1.94 bits per heavy atom. The third-order valence-corrected chi connectivity index (χ3v) is 6.48. The Hall–Kier alpha value is -2.07. The Morgan fingerprint density at radius 1 is 1.16 bits per heavy atom. The van der Waals surface area contributed by atoms with Crippen LogP contribution in [0.15, 0.2) is 52.8 Å². The maximum atomic E-state index is 4.65. The summed E-state index contributed by atoms with van der Waals surface area (Å²) in [5.74, 6) is 0.854.